The van der Waals surface area contributed by atoms with E-state index in [9.17, 15) is 19.5 Å². The summed E-state index contributed by atoms with van der Waals surface area (Å²) in [6.07, 6.45) is 33.2. The number of hydrogen-bond donors (Lipinski definition) is 1. The second-order valence-electron chi connectivity index (χ2n) is 13.2. The van der Waals surface area contributed by atoms with Gasteiger partial charge in [-0.05, 0) is 44.9 Å². The number of hydrogen-bond acceptors (Lipinski definition) is 6. The molecule has 8 nitrogen and oxygen atoms in total. The van der Waals surface area contributed by atoms with Crippen LogP contribution in [-0.2, 0) is 28.6 Å². The van der Waals surface area contributed by atoms with E-state index in [2.05, 4.69) is 56.4 Å². The lowest BCUT2D eigenvalue weighted by Crippen LogP contribution is -2.50. The highest BCUT2D eigenvalue weighted by Gasteiger charge is 2.31. The molecule has 0 fully saturated rings. The number of likely N-dealkylation sites (N-methyl/N-ethyl adjacent to an activating group) is 1. The van der Waals surface area contributed by atoms with Gasteiger partial charge in [0.1, 0.15) is 6.61 Å². The van der Waals surface area contributed by atoms with Crippen molar-refractivity contribution < 1.29 is 38.2 Å². The second-order valence-corrected chi connectivity index (χ2v) is 13.2. The van der Waals surface area contributed by atoms with E-state index in [0.717, 1.165) is 51.4 Å². The largest absolute Gasteiger partial charge is 0.477 e. The summed E-state index contributed by atoms with van der Waals surface area (Å²) in [4.78, 5) is 36.6. The first-order valence-electron chi connectivity index (χ1n) is 18.2. The van der Waals surface area contributed by atoms with E-state index in [-0.39, 0.29) is 42.7 Å². The van der Waals surface area contributed by atoms with E-state index in [1.165, 1.54) is 38.5 Å². The summed E-state index contributed by atoms with van der Waals surface area (Å²) in [5, 5.41) is 9.56. The Balaban J connectivity index is 4.47. The molecule has 0 radical (unpaired) electrons. The first kappa shape index (κ1) is 44.3. The lowest BCUT2D eigenvalue weighted by Gasteiger charge is -2.31. The van der Waals surface area contributed by atoms with E-state index in [4.69, 9.17) is 14.2 Å². The highest BCUT2D eigenvalue weighted by atomic mass is 16.6. The van der Waals surface area contributed by atoms with Gasteiger partial charge < -0.3 is 23.8 Å². The molecule has 0 rings (SSSR count). The van der Waals surface area contributed by atoms with Crippen molar-refractivity contribution in [2.24, 2.45) is 0 Å². The molecule has 270 valence electrons. The van der Waals surface area contributed by atoms with Gasteiger partial charge in [0, 0.05) is 19.3 Å². The van der Waals surface area contributed by atoms with E-state index >= 15 is 0 Å². The van der Waals surface area contributed by atoms with E-state index in [1.54, 1.807) is 0 Å². The van der Waals surface area contributed by atoms with Crippen LogP contribution in [0.25, 0.3) is 0 Å². The number of carbonyl (C=O) groups is 3. The Hall–Kier alpha value is -2.71. The summed E-state index contributed by atoms with van der Waals surface area (Å²) in [5.41, 5.74) is 0. The molecule has 0 saturated heterocycles. The molecule has 0 aromatic heterocycles. The Bertz CT molecular complexity index is 917. The molecule has 0 aliphatic rings. The molecule has 0 amide bonds. The first-order valence-corrected chi connectivity index (χ1v) is 18.2. The monoisotopic (exact) mass is 662 g/mol. The molecule has 2 unspecified atom stereocenters. The van der Waals surface area contributed by atoms with Gasteiger partial charge in [0.2, 0.25) is 0 Å². The van der Waals surface area contributed by atoms with Crippen molar-refractivity contribution >= 4 is 17.9 Å². The number of unbranched alkanes of at least 4 members (excludes halogenated alkanes) is 11. The van der Waals surface area contributed by atoms with Crippen molar-refractivity contribution in [1.82, 2.24) is 0 Å². The standard InChI is InChI=1S/C39H67NO7/c1-6-8-10-12-14-16-17-18-19-20-21-22-24-26-28-30-38(42)47-35(33-45-32-31-36(39(43)44)40(3,4)5)34-46-37(41)29-27-25-23-15-13-11-9-7-2/h8,10,12,14,16-17,23,25,35-36H,6-7,9,11,13,15,18-22,24,26-34H2,1-5H3/p+1/b10-8+,14-12+,17-16+,25-23+. The van der Waals surface area contributed by atoms with Crippen LogP contribution in [0.15, 0.2) is 48.6 Å². The number of nitrogens with zero attached hydrogens (tertiary/aromatic N) is 1. The van der Waals surface area contributed by atoms with Crippen LogP contribution >= 0.6 is 0 Å². The normalized spacial score (nSPS) is 13.6. The summed E-state index contributed by atoms with van der Waals surface area (Å²) in [5.74, 6) is -1.56. The van der Waals surface area contributed by atoms with Gasteiger partial charge in [-0.1, -0.05) is 114 Å². The van der Waals surface area contributed by atoms with Gasteiger partial charge >= 0.3 is 17.9 Å². The molecule has 0 aliphatic carbocycles. The molecule has 0 aromatic carbocycles. The number of carbonyl (C=O) groups excluding carboxylic acids is 2. The average Bonchev–Trinajstić information content (AvgIpc) is 3.01. The zero-order valence-corrected chi connectivity index (χ0v) is 30.5. The molecule has 8 heteroatoms. The van der Waals surface area contributed by atoms with Gasteiger partial charge in [-0.15, -0.1) is 0 Å². The van der Waals surface area contributed by atoms with Crippen LogP contribution in [0, 0.1) is 0 Å². The zero-order valence-electron chi connectivity index (χ0n) is 30.5. The number of rotatable bonds is 31. The number of aliphatic carboxylic acids is 1. The lowest BCUT2D eigenvalue weighted by atomic mass is 10.1. The van der Waals surface area contributed by atoms with Crippen molar-refractivity contribution in [2.75, 3.05) is 41.0 Å². The Morgan fingerprint density at radius 2 is 1.26 bits per heavy atom. The average molecular weight is 663 g/mol. The van der Waals surface area contributed by atoms with Gasteiger partial charge in [-0.2, -0.15) is 0 Å². The SMILES string of the molecule is CC/C=C/C=C/C=C/CCCCCCCCCC(=O)OC(COCCC(C(=O)O)[N+](C)(C)C)COC(=O)CC/C=C/CCCCCC. The quantitative estimate of drug-likeness (QED) is 0.0260. The third kappa shape index (κ3) is 29.2. The number of ether oxygens (including phenoxy) is 3. The summed E-state index contributed by atoms with van der Waals surface area (Å²) in [6, 6.07) is -0.620. The lowest BCUT2D eigenvalue weighted by molar-refractivity contribution is -0.887. The van der Waals surface area contributed by atoms with Crippen LogP contribution in [-0.4, -0.2) is 80.6 Å². The van der Waals surface area contributed by atoms with Gasteiger partial charge in [-0.25, -0.2) is 4.79 Å². The molecule has 0 spiro atoms. The number of carboxylic acid groups (broad SMARTS) is 1. The third-order valence-corrected chi connectivity index (χ3v) is 7.79. The summed E-state index contributed by atoms with van der Waals surface area (Å²) >= 11 is 0. The van der Waals surface area contributed by atoms with Crippen LogP contribution in [0.1, 0.15) is 129 Å². The van der Waals surface area contributed by atoms with Crippen LogP contribution < -0.4 is 0 Å². The van der Waals surface area contributed by atoms with Gasteiger partial charge in [0.25, 0.3) is 0 Å². The number of quaternary nitrogens is 1. The minimum Gasteiger partial charge on any atom is -0.477 e. The predicted octanol–water partition coefficient (Wildman–Crippen LogP) is 8.90. The Morgan fingerprint density at radius 3 is 1.89 bits per heavy atom. The van der Waals surface area contributed by atoms with Gasteiger partial charge in [0.15, 0.2) is 12.1 Å². The maximum absolute atomic E-state index is 12.6. The second kappa shape index (κ2) is 30.6. The molecule has 0 aromatic rings. The molecular formula is C39H68NO7+. The highest BCUT2D eigenvalue weighted by Crippen LogP contribution is 2.12. The molecule has 47 heavy (non-hydrogen) atoms. The molecule has 0 aliphatic heterocycles. The molecule has 0 heterocycles. The molecule has 0 saturated carbocycles. The molecule has 0 bridgehead atoms. The zero-order chi connectivity index (χ0) is 35.0. The van der Waals surface area contributed by atoms with Crippen molar-refractivity contribution in [3.63, 3.8) is 0 Å². The van der Waals surface area contributed by atoms with Crippen molar-refractivity contribution in [3.8, 4) is 0 Å². The first-order chi connectivity index (χ1) is 22.6. The summed E-state index contributed by atoms with van der Waals surface area (Å²) in [7, 11) is 5.49. The fourth-order valence-corrected chi connectivity index (χ4v) is 4.93. The van der Waals surface area contributed by atoms with E-state index in [0.29, 0.717) is 19.3 Å². The highest BCUT2D eigenvalue weighted by molar-refractivity contribution is 5.72. The van der Waals surface area contributed by atoms with Crippen molar-refractivity contribution in [3.05, 3.63) is 48.6 Å². The van der Waals surface area contributed by atoms with Crippen LogP contribution in [0.5, 0.6) is 0 Å². The van der Waals surface area contributed by atoms with Gasteiger partial charge in [-0.3, -0.25) is 9.59 Å². The van der Waals surface area contributed by atoms with Crippen LogP contribution in [0.4, 0.5) is 0 Å². The van der Waals surface area contributed by atoms with Crippen LogP contribution in [0.3, 0.4) is 0 Å². The summed E-state index contributed by atoms with van der Waals surface area (Å²) < 4.78 is 17.1. The number of allylic oxidation sites excluding steroid dienone is 8. The minimum atomic E-state index is -0.885. The van der Waals surface area contributed by atoms with E-state index in [1.807, 2.05) is 27.2 Å². The maximum Gasteiger partial charge on any atom is 0.362 e. The molecular weight excluding hydrogens is 594 g/mol. The minimum absolute atomic E-state index is 0.0432. The Kier molecular flexibility index (Phi) is 28.8. The predicted molar refractivity (Wildman–Crippen MR) is 192 cm³/mol. The topological polar surface area (TPSA) is 99.1 Å². The smallest absolute Gasteiger partial charge is 0.362 e. The van der Waals surface area contributed by atoms with E-state index < -0.39 is 18.1 Å². The Labute approximate surface area is 286 Å². The fraction of sp³-hybridized carbons (Fsp3) is 0.718. The maximum atomic E-state index is 12.6. The summed E-state index contributed by atoms with van der Waals surface area (Å²) in [6.45, 7) is 4.48. The third-order valence-electron chi connectivity index (χ3n) is 7.79. The Morgan fingerprint density at radius 1 is 0.660 bits per heavy atom. The van der Waals surface area contributed by atoms with Crippen molar-refractivity contribution in [1.29, 1.82) is 0 Å². The van der Waals surface area contributed by atoms with Gasteiger partial charge in [0.05, 0.1) is 34.4 Å². The molecule has 1 N–H and O–H groups in total. The number of carboxylic acids is 1. The number of esters is 2. The van der Waals surface area contributed by atoms with Crippen molar-refractivity contribution in [2.45, 2.75) is 142 Å². The fourth-order valence-electron chi connectivity index (χ4n) is 4.93. The van der Waals surface area contributed by atoms with Crippen LogP contribution in [0.2, 0.25) is 0 Å². The molecule has 2 atom stereocenters.